The standard InChI is InChI=1S/C15H12ClFN6O3/c1-21-13(12(6-18-21)23(25)26)15(24)19-14-10(16)8-22(20-14)7-9-4-2-3-5-11(9)17/h2-6,8H,7H2,1H3,(H,19,20,24). The van der Waals surface area contributed by atoms with Crippen molar-refractivity contribution in [3.05, 3.63) is 68.9 Å². The average molecular weight is 379 g/mol. The van der Waals surface area contributed by atoms with Crippen molar-refractivity contribution in [3.8, 4) is 0 Å². The van der Waals surface area contributed by atoms with Gasteiger partial charge in [-0.05, 0) is 6.07 Å². The first kappa shape index (κ1) is 17.5. The zero-order valence-corrected chi connectivity index (χ0v) is 14.1. The van der Waals surface area contributed by atoms with Gasteiger partial charge in [-0.2, -0.15) is 10.2 Å². The minimum absolute atomic E-state index is 0.00324. The van der Waals surface area contributed by atoms with Crippen molar-refractivity contribution >= 4 is 29.0 Å². The van der Waals surface area contributed by atoms with Crippen molar-refractivity contribution in [3.63, 3.8) is 0 Å². The van der Waals surface area contributed by atoms with E-state index in [2.05, 4.69) is 15.5 Å². The first-order valence-corrected chi connectivity index (χ1v) is 7.68. The number of aromatic nitrogens is 4. The Bertz CT molecular complexity index is 999. The fourth-order valence-corrected chi connectivity index (χ4v) is 2.55. The van der Waals surface area contributed by atoms with Crippen LogP contribution in [0.5, 0.6) is 0 Å². The van der Waals surface area contributed by atoms with Crippen LogP contribution in [0.3, 0.4) is 0 Å². The number of nitro groups is 1. The Morgan fingerprint density at radius 1 is 1.42 bits per heavy atom. The van der Waals surface area contributed by atoms with E-state index in [9.17, 15) is 19.3 Å². The van der Waals surface area contributed by atoms with Crippen LogP contribution in [0, 0.1) is 15.9 Å². The fraction of sp³-hybridized carbons (Fsp3) is 0.133. The highest BCUT2D eigenvalue weighted by molar-refractivity contribution is 6.33. The molecular formula is C15H12ClFN6O3. The van der Waals surface area contributed by atoms with Crippen LogP contribution in [0.15, 0.2) is 36.7 Å². The monoisotopic (exact) mass is 378 g/mol. The molecule has 0 unspecified atom stereocenters. The zero-order valence-electron chi connectivity index (χ0n) is 13.4. The second-order valence-electron chi connectivity index (χ2n) is 5.33. The third kappa shape index (κ3) is 3.40. The maximum Gasteiger partial charge on any atom is 0.320 e. The van der Waals surface area contributed by atoms with Crippen LogP contribution < -0.4 is 5.32 Å². The number of hydrogen-bond acceptors (Lipinski definition) is 5. The Labute approximate surface area is 151 Å². The van der Waals surface area contributed by atoms with E-state index in [4.69, 9.17) is 11.6 Å². The molecule has 1 N–H and O–H groups in total. The molecular weight excluding hydrogens is 367 g/mol. The minimum atomic E-state index is -0.783. The third-order valence-corrected chi connectivity index (χ3v) is 3.85. The molecule has 0 saturated heterocycles. The van der Waals surface area contributed by atoms with Crippen LogP contribution in [-0.4, -0.2) is 30.4 Å². The van der Waals surface area contributed by atoms with Gasteiger partial charge in [0.15, 0.2) is 5.82 Å². The molecule has 1 aromatic carbocycles. The molecule has 0 radical (unpaired) electrons. The first-order valence-electron chi connectivity index (χ1n) is 7.31. The molecule has 2 heterocycles. The van der Waals surface area contributed by atoms with E-state index in [1.165, 1.54) is 24.0 Å². The van der Waals surface area contributed by atoms with Crippen molar-refractivity contribution < 1.29 is 14.1 Å². The minimum Gasteiger partial charge on any atom is -0.302 e. The van der Waals surface area contributed by atoms with Gasteiger partial charge in [-0.15, -0.1) is 0 Å². The summed E-state index contributed by atoms with van der Waals surface area (Å²) in [5, 5.41) is 21.3. The molecule has 134 valence electrons. The molecule has 11 heteroatoms. The van der Waals surface area contributed by atoms with Gasteiger partial charge in [-0.25, -0.2) is 4.39 Å². The molecule has 0 fully saturated rings. The SMILES string of the molecule is Cn1ncc([N+](=O)[O-])c1C(=O)Nc1nn(Cc2ccccc2F)cc1Cl. The van der Waals surface area contributed by atoms with Crippen LogP contribution in [0.4, 0.5) is 15.9 Å². The lowest BCUT2D eigenvalue weighted by Crippen LogP contribution is -2.18. The zero-order chi connectivity index (χ0) is 18.8. The van der Waals surface area contributed by atoms with Gasteiger partial charge < -0.3 is 5.32 Å². The molecule has 0 saturated carbocycles. The summed E-state index contributed by atoms with van der Waals surface area (Å²) in [5.41, 5.74) is -0.284. The van der Waals surface area contributed by atoms with E-state index in [1.54, 1.807) is 18.2 Å². The summed E-state index contributed by atoms with van der Waals surface area (Å²) >= 11 is 6.05. The lowest BCUT2D eigenvalue weighted by atomic mass is 10.2. The molecule has 3 aromatic rings. The van der Waals surface area contributed by atoms with Crippen molar-refractivity contribution in [1.29, 1.82) is 0 Å². The summed E-state index contributed by atoms with van der Waals surface area (Å²) in [6.45, 7) is 0.105. The third-order valence-electron chi connectivity index (χ3n) is 3.57. The number of aryl methyl sites for hydroxylation is 1. The van der Waals surface area contributed by atoms with Crippen LogP contribution in [0.1, 0.15) is 16.1 Å². The Balaban J connectivity index is 1.82. The van der Waals surface area contributed by atoms with Gasteiger partial charge in [0.05, 0.1) is 11.5 Å². The van der Waals surface area contributed by atoms with Gasteiger partial charge in [0.25, 0.3) is 5.91 Å². The van der Waals surface area contributed by atoms with E-state index in [0.29, 0.717) is 5.56 Å². The van der Waals surface area contributed by atoms with E-state index in [0.717, 1.165) is 10.9 Å². The lowest BCUT2D eigenvalue weighted by molar-refractivity contribution is -0.385. The van der Waals surface area contributed by atoms with E-state index in [-0.39, 0.29) is 23.1 Å². The topological polar surface area (TPSA) is 108 Å². The van der Waals surface area contributed by atoms with Crippen molar-refractivity contribution in [2.24, 2.45) is 7.05 Å². The largest absolute Gasteiger partial charge is 0.320 e. The number of carbonyl (C=O) groups excluding carboxylic acids is 1. The van der Waals surface area contributed by atoms with E-state index < -0.39 is 22.3 Å². The normalized spacial score (nSPS) is 10.7. The predicted molar refractivity (Wildman–Crippen MR) is 90.6 cm³/mol. The van der Waals surface area contributed by atoms with Crippen molar-refractivity contribution in [2.75, 3.05) is 5.32 Å². The number of hydrogen-bond donors (Lipinski definition) is 1. The number of rotatable bonds is 5. The average Bonchev–Trinajstić information content (AvgIpc) is 3.13. The van der Waals surface area contributed by atoms with Crippen LogP contribution >= 0.6 is 11.6 Å². The van der Waals surface area contributed by atoms with E-state index >= 15 is 0 Å². The molecule has 0 aliphatic carbocycles. The second kappa shape index (κ2) is 6.92. The smallest absolute Gasteiger partial charge is 0.302 e. The molecule has 1 amide bonds. The number of nitrogens with zero attached hydrogens (tertiary/aromatic N) is 5. The molecule has 2 aromatic heterocycles. The molecule has 0 atom stereocenters. The Morgan fingerprint density at radius 2 is 2.15 bits per heavy atom. The molecule has 9 nitrogen and oxygen atoms in total. The Morgan fingerprint density at radius 3 is 2.85 bits per heavy atom. The summed E-state index contributed by atoms with van der Waals surface area (Å²) in [6, 6.07) is 6.18. The van der Waals surface area contributed by atoms with Gasteiger partial charge in [0, 0.05) is 18.8 Å². The van der Waals surface area contributed by atoms with Gasteiger partial charge in [0.2, 0.25) is 5.69 Å². The maximum atomic E-state index is 13.7. The highest BCUT2D eigenvalue weighted by Crippen LogP contribution is 2.23. The van der Waals surface area contributed by atoms with Crippen molar-refractivity contribution in [1.82, 2.24) is 19.6 Å². The van der Waals surface area contributed by atoms with Crippen LogP contribution in [-0.2, 0) is 13.6 Å². The van der Waals surface area contributed by atoms with Gasteiger partial charge in [0.1, 0.15) is 17.0 Å². The number of carbonyl (C=O) groups is 1. The summed E-state index contributed by atoms with van der Waals surface area (Å²) < 4.78 is 16.2. The predicted octanol–water partition coefficient (Wildman–Crippen LogP) is 2.62. The molecule has 0 spiro atoms. The molecule has 0 aliphatic rings. The van der Waals surface area contributed by atoms with Crippen LogP contribution in [0.25, 0.3) is 0 Å². The lowest BCUT2D eigenvalue weighted by Gasteiger charge is -2.04. The Kier molecular flexibility index (Phi) is 4.67. The molecule has 3 rings (SSSR count). The highest BCUT2D eigenvalue weighted by Gasteiger charge is 2.26. The molecule has 26 heavy (non-hydrogen) atoms. The summed E-state index contributed by atoms with van der Waals surface area (Å²) in [5.74, 6) is -1.17. The first-order chi connectivity index (χ1) is 12.4. The van der Waals surface area contributed by atoms with Crippen molar-refractivity contribution in [2.45, 2.75) is 6.54 Å². The number of nitrogens with one attached hydrogen (secondary N) is 1. The molecule has 0 aliphatic heterocycles. The number of benzene rings is 1. The molecule has 0 bridgehead atoms. The van der Waals surface area contributed by atoms with E-state index in [1.807, 2.05) is 0 Å². The van der Waals surface area contributed by atoms with Gasteiger partial charge in [-0.1, -0.05) is 29.8 Å². The highest BCUT2D eigenvalue weighted by atomic mass is 35.5. The quantitative estimate of drug-likeness (QED) is 0.542. The number of anilines is 1. The Hall–Kier alpha value is -3.27. The fourth-order valence-electron chi connectivity index (χ4n) is 2.35. The van der Waals surface area contributed by atoms with Gasteiger partial charge in [-0.3, -0.25) is 24.3 Å². The second-order valence-corrected chi connectivity index (χ2v) is 5.74. The van der Waals surface area contributed by atoms with Gasteiger partial charge >= 0.3 is 5.69 Å². The number of amides is 1. The van der Waals surface area contributed by atoms with Crippen LogP contribution in [0.2, 0.25) is 5.02 Å². The summed E-state index contributed by atoms with van der Waals surface area (Å²) in [4.78, 5) is 22.6. The summed E-state index contributed by atoms with van der Waals surface area (Å²) in [6.07, 6.45) is 2.40. The maximum absolute atomic E-state index is 13.7. The number of halogens is 2. The summed E-state index contributed by atoms with van der Waals surface area (Å²) in [7, 11) is 1.40.